The molecule has 3 N–H and O–H groups in total. The molecular formula is C23H20F3N3O3. The minimum atomic E-state index is -1.05. The number of benzene rings is 2. The van der Waals surface area contributed by atoms with E-state index < -0.39 is 29.3 Å². The van der Waals surface area contributed by atoms with Crippen LogP contribution >= 0.6 is 0 Å². The van der Waals surface area contributed by atoms with E-state index in [1.807, 2.05) is 0 Å². The lowest BCUT2D eigenvalue weighted by Crippen LogP contribution is -2.21. The second-order valence-corrected chi connectivity index (χ2v) is 7.19. The number of carbonyl (C=O) groups excluding carboxylic acids is 1. The lowest BCUT2D eigenvalue weighted by molar-refractivity contribution is -0.137. The van der Waals surface area contributed by atoms with E-state index in [-0.39, 0.29) is 30.8 Å². The zero-order valence-corrected chi connectivity index (χ0v) is 17.1. The first kappa shape index (κ1) is 22.8. The van der Waals surface area contributed by atoms with E-state index in [1.54, 1.807) is 6.92 Å². The predicted octanol–water partition coefficient (Wildman–Crippen LogP) is 3.89. The maximum Gasteiger partial charge on any atom is 0.323 e. The Morgan fingerprint density at radius 2 is 1.78 bits per heavy atom. The Balaban J connectivity index is 1.72. The fourth-order valence-corrected chi connectivity index (χ4v) is 3.42. The van der Waals surface area contributed by atoms with Gasteiger partial charge in [-0.15, -0.1) is 0 Å². The first-order chi connectivity index (χ1) is 15.2. The van der Waals surface area contributed by atoms with Gasteiger partial charge in [0.2, 0.25) is 5.91 Å². The van der Waals surface area contributed by atoms with Crippen LogP contribution in [0.2, 0.25) is 0 Å². The summed E-state index contributed by atoms with van der Waals surface area (Å²) in [6.45, 7) is 1.24. The van der Waals surface area contributed by atoms with Crippen LogP contribution in [-0.4, -0.2) is 27.3 Å². The van der Waals surface area contributed by atoms with E-state index >= 15 is 0 Å². The number of allylic oxidation sites excluding steroid dienone is 1. The molecule has 6 nitrogen and oxygen atoms in total. The van der Waals surface area contributed by atoms with E-state index in [2.05, 4.69) is 5.32 Å². The molecule has 0 aliphatic carbocycles. The normalized spacial score (nSPS) is 11.2. The van der Waals surface area contributed by atoms with Gasteiger partial charge in [0.15, 0.2) is 0 Å². The highest BCUT2D eigenvalue weighted by Gasteiger charge is 2.17. The van der Waals surface area contributed by atoms with Crippen molar-refractivity contribution in [2.75, 3.05) is 0 Å². The largest absolute Gasteiger partial charge is 0.480 e. The van der Waals surface area contributed by atoms with Crippen molar-refractivity contribution in [1.29, 1.82) is 5.41 Å². The molecule has 0 aliphatic rings. The summed E-state index contributed by atoms with van der Waals surface area (Å²) in [7, 11) is 0. The molecule has 0 atom stereocenters. The standard InChI is InChI=1S/C23H20F3N3O3/c1-13-18(19-8-15(24)4-6-21(19)29(13)12-23(31)32)10-17(27)5-7-22(30)28-11-14-2-3-16(25)9-20(14)26/h2-9,27H,10-12H2,1H3,(H,28,30)(H,31,32)/b7-5-,27-17?. The maximum atomic E-state index is 13.8. The molecule has 2 aromatic carbocycles. The number of carboxylic acid groups (broad SMARTS) is 1. The van der Waals surface area contributed by atoms with Gasteiger partial charge in [-0.25, -0.2) is 13.2 Å². The van der Waals surface area contributed by atoms with Crippen LogP contribution in [0.3, 0.4) is 0 Å². The molecule has 1 heterocycles. The predicted molar refractivity (Wildman–Crippen MR) is 113 cm³/mol. The van der Waals surface area contributed by atoms with Crippen LogP contribution in [0.5, 0.6) is 0 Å². The molecule has 0 unspecified atom stereocenters. The molecule has 0 bridgehead atoms. The highest BCUT2D eigenvalue weighted by atomic mass is 19.1. The van der Waals surface area contributed by atoms with Crippen molar-refractivity contribution >= 4 is 28.5 Å². The molecule has 1 aromatic heterocycles. The number of rotatable bonds is 8. The lowest BCUT2D eigenvalue weighted by Gasteiger charge is -2.06. The van der Waals surface area contributed by atoms with Gasteiger partial charge in [-0.2, -0.15) is 0 Å². The smallest absolute Gasteiger partial charge is 0.323 e. The molecule has 9 heteroatoms. The number of amides is 1. The molecule has 0 saturated heterocycles. The summed E-state index contributed by atoms with van der Waals surface area (Å²) in [6.07, 6.45) is 2.42. The first-order valence-electron chi connectivity index (χ1n) is 9.62. The average molecular weight is 443 g/mol. The van der Waals surface area contributed by atoms with Crippen molar-refractivity contribution in [3.8, 4) is 0 Å². The summed E-state index contributed by atoms with van der Waals surface area (Å²) in [4.78, 5) is 23.2. The zero-order valence-electron chi connectivity index (χ0n) is 17.1. The summed E-state index contributed by atoms with van der Waals surface area (Å²) in [5, 5.41) is 20.3. The van der Waals surface area contributed by atoms with E-state index in [9.17, 15) is 27.9 Å². The van der Waals surface area contributed by atoms with Gasteiger partial charge in [-0.3, -0.25) is 9.59 Å². The van der Waals surface area contributed by atoms with Gasteiger partial charge < -0.3 is 20.4 Å². The molecule has 3 rings (SSSR count). The van der Waals surface area contributed by atoms with Crippen molar-refractivity contribution in [3.63, 3.8) is 0 Å². The van der Waals surface area contributed by atoms with Crippen molar-refractivity contribution in [2.24, 2.45) is 0 Å². The Bertz CT molecular complexity index is 1250. The molecule has 1 amide bonds. The molecule has 0 saturated carbocycles. The number of fused-ring (bicyclic) bond motifs is 1. The lowest BCUT2D eigenvalue weighted by atomic mass is 10.0. The topological polar surface area (TPSA) is 95.2 Å². The van der Waals surface area contributed by atoms with Gasteiger partial charge in [0.05, 0.1) is 0 Å². The Morgan fingerprint density at radius 3 is 2.47 bits per heavy atom. The molecule has 0 spiro atoms. The Morgan fingerprint density at radius 1 is 1.09 bits per heavy atom. The monoisotopic (exact) mass is 443 g/mol. The third-order valence-corrected chi connectivity index (χ3v) is 4.98. The fraction of sp³-hybridized carbons (Fsp3) is 0.174. The molecule has 0 aliphatic heterocycles. The summed E-state index contributed by atoms with van der Waals surface area (Å²) < 4.78 is 41.9. The molecule has 3 aromatic rings. The molecule has 0 radical (unpaired) electrons. The SMILES string of the molecule is Cc1c(CC(=N)/C=C\C(=O)NCc2ccc(F)cc2F)c2cc(F)ccc2n1CC(=O)O. The summed E-state index contributed by atoms with van der Waals surface area (Å²) in [6, 6.07) is 7.05. The Hall–Kier alpha value is -3.88. The number of carbonyl (C=O) groups is 2. The van der Waals surface area contributed by atoms with E-state index in [4.69, 9.17) is 5.41 Å². The minimum absolute atomic E-state index is 0.0369. The molecule has 0 fully saturated rings. The van der Waals surface area contributed by atoms with E-state index in [1.165, 1.54) is 34.9 Å². The number of hydrogen-bond acceptors (Lipinski definition) is 3. The summed E-state index contributed by atoms with van der Waals surface area (Å²) >= 11 is 0. The van der Waals surface area contributed by atoms with Crippen molar-refractivity contribution in [2.45, 2.75) is 26.4 Å². The molecule has 166 valence electrons. The Labute approximate surface area is 181 Å². The third kappa shape index (κ3) is 5.23. The number of halogens is 3. The number of hydrogen-bond donors (Lipinski definition) is 3. The zero-order chi connectivity index (χ0) is 23.4. The van der Waals surface area contributed by atoms with Crippen LogP contribution in [0.15, 0.2) is 48.6 Å². The van der Waals surface area contributed by atoms with Gasteiger partial charge in [-0.05, 0) is 42.8 Å². The second kappa shape index (κ2) is 9.51. The fourth-order valence-electron chi connectivity index (χ4n) is 3.42. The van der Waals surface area contributed by atoms with Gasteiger partial charge in [0, 0.05) is 53.0 Å². The first-order valence-corrected chi connectivity index (χ1v) is 9.62. The Kier molecular flexibility index (Phi) is 6.77. The van der Waals surface area contributed by atoms with Gasteiger partial charge in [-0.1, -0.05) is 6.07 Å². The van der Waals surface area contributed by atoms with E-state index in [0.717, 1.165) is 18.2 Å². The number of aliphatic carboxylic acids is 1. The second-order valence-electron chi connectivity index (χ2n) is 7.19. The van der Waals surface area contributed by atoms with Gasteiger partial charge in [0.25, 0.3) is 0 Å². The van der Waals surface area contributed by atoms with Crippen LogP contribution in [0.25, 0.3) is 10.9 Å². The number of nitrogens with zero attached hydrogens (tertiary/aromatic N) is 1. The quantitative estimate of drug-likeness (QED) is 0.364. The van der Waals surface area contributed by atoms with Crippen molar-refractivity contribution < 1.29 is 27.9 Å². The van der Waals surface area contributed by atoms with Crippen LogP contribution in [0.1, 0.15) is 16.8 Å². The highest BCUT2D eigenvalue weighted by Crippen LogP contribution is 2.27. The maximum absolute atomic E-state index is 13.8. The van der Waals surface area contributed by atoms with Crippen molar-refractivity contribution in [1.82, 2.24) is 9.88 Å². The van der Waals surface area contributed by atoms with Crippen LogP contribution < -0.4 is 5.32 Å². The molecular weight excluding hydrogens is 423 g/mol. The number of aromatic nitrogens is 1. The van der Waals surface area contributed by atoms with Crippen molar-refractivity contribution in [3.05, 3.63) is 82.8 Å². The number of carboxylic acids is 1. The van der Waals surface area contributed by atoms with Crippen LogP contribution in [-0.2, 0) is 29.1 Å². The van der Waals surface area contributed by atoms with Crippen LogP contribution in [0, 0.1) is 29.8 Å². The van der Waals surface area contributed by atoms with Crippen LogP contribution in [0.4, 0.5) is 13.2 Å². The average Bonchev–Trinajstić information content (AvgIpc) is 2.96. The van der Waals surface area contributed by atoms with E-state index in [0.29, 0.717) is 22.2 Å². The number of nitrogens with one attached hydrogen (secondary N) is 2. The minimum Gasteiger partial charge on any atom is -0.480 e. The van der Waals surface area contributed by atoms with Gasteiger partial charge >= 0.3 is 5.97 Å². The summed E-state index contributed by atoms with van der Waals surface area (Å²) in [5.74, 6) is -3.60. The summed E-state index contributed by atoms with van der Waals surface area (Å²) in [5.41, 5.74) is 1.87. The van der Waals surface area contributed by atoms with Gasteiger partial charge in [0.1, 0.15) is 24.0 Å². The third-order valence-electron chi connectivity index (χ3n) is 4.98. The molecule has 32 heavy (non-hydrogen) atoms. The highest BCUT2D eigenvalue weighted by molar-refractivity contribution is 6.02.